The summed E-state index contributed by atoms with van der Waals surface area (Å²) in [6, 6.07) is 5.58. The first kappa shape index (κ1) is 14.6. The third kappa shape index (κ3) is 4.06. The van der Waals surface area contributed by atoms with Crippen molar-refractivity contribution in [3.63, 3.8) is 0 Å². The molecule has 2 atom stereocenters. The van der Waals surface area contributed by atoms with E-state index in [4.69, 9.17) is 5.73 Å². The molecular formula is C15H24N2O. The maximum Gasteiger partial charge on any atom is 0.251 e. The summed E-state index contributed by atoms with van der Waals surface area (Å²) in [5.74, 6) is 0.621. The van der Waals surface area contributed by atoms with E-state index < -0.39 is 0 Å². The van der Waals surface area contributed by atoms with Crippen molar-refractivity contribution >= 4 is 11.6 Å². The molecule has 0 radical (unpaired) electrons. The number of nitrogens with one attached hydrogen (secondary N) is 1. The lowest BCUT2D eigenvalue weighted by Crippen LogP contribution is -2.34. The lowest BCUT2D eigenvalue weighted by atomic mass is 10.00. The molecule has 3 N–H and O–H groups in total. The highest BCUT2D eigenvalue weighted by atomic mass is 16.1. The number of carbonyl (C=O) groups excluding carboxylic acids is 1. The van der Waals surface area contributed by atoms with Gasteiger partial charge in [0, 0.05) is 17.3 Å². The van der Waals surface area contributed by atoms with E-state index in [1.165, 1.54) is 0 Å². The Morgan fingerprint density at radius 3 is 2.61 bits per heavy atom. The molecule has 1 aromatic rings. The number of nitrogen functional groups attached to an aromatic ring is 1. The van der Waals surface area contributed by atoms with Crippen molar-refractivity contribution < 1.29 is 4.79 Å². The number of amides is 1. The molecule has 1 rings (SSSR count). The Hall–Kier alpha value is -1.51. The number of hydrogen-bond donors (Lipinski definition) is 2. The van der Waals surface area contributed by atoms with Crippen LogP contribution in [-0.4, -0.2) is 11.9 Å². The summed E-state index contributed by atoms with van der Waals surface area (Å²) in [6.07, 6.45) is 2.15. The van der Waals surface area contributed by atoms with Gasteiger partial charge in [0.1, 0.15) is 0 Å². The minimum absolute atomic E-state index is 0.0108. The minimum atomic E-state index is -0.0108. The van der Waals surface area contributed by atoms with E-state index >= 15 is 0 Å². The van der Waals surface area contributed by atoms with Gasteiger partial charge < -0.3 is 11.1 Å². The second-order valence-corrected chi connectivity index (χ2v) is 5.20. The highest BCUT2D eigenvalue weighted by Crippen LogP contribution is 2.14. The highest BCUT2D eigenvalue weighted by molar-refractivity contribution is 5.96. The summed E-state index contributed by atoms with van der Waals surface area (Å²) < 4.78 is 0. The molecule has 0 aliphatic rings. The molecule has 0 heterocycles. The second kappa shape index (κ2) is 6.43. The molecule has 1 amide bonds. The molecule has 0 aromatic heterocycles. The predicted molar refractivity (Wildman–Crippen MR) is 76.6 cm³/mol. The number of rotatable bonds is 5. The number of hydrogen-bond acceptors (Lipinski definition) is 2. The predicted octanol–water partition coefficient (Wildman–Crippen LogP) is 3.13. The van der Waals surface area contributed by atoms with Crippen LogP contribution in [0.3, 0.4) is 0 Å². The molecule has 1 aromatic carbocycles. The molecule has 0 spiro atoms. The van der Waals surface area contributed by atoms with Gasteiger partial charge >= 0.3 is 0 Å². The van der Waals surface area contributed by atoms with Gasteiger partial charge in [0.25, 0.3) is 5.91 Å². The van der Waals surface area contributed by atoms with Crippen molar-refractivity contribution in [1.29, 1.82) is 0 Å². The molecule has 3 heteroatoms. The first-order chi connectivity index (χ1) is 8.43. The zero-order valence-corrected chi connectivity index (χ0v) is 11.8. The van der Waals surface area contributed by atoms with Crippen LogP contribution in [0.2, 0.25) is 0 Å². The van der Waals surface area contributed by atoms with E-state index in [2.05, 4.69) is 26.1 Å². The number of anilines is 1. The maximum atomic E-state index is 12.1. The van der Waals surface area contributed by atoms with Crippen molar-refractivity contribution in [3.8, 4) is 0 Å². The third-order valence-corrected chi connectivity index (χ3v) is 3.33. The summed E-state index contributed by atoms with van der Waals surface area (Å²) in [5.41, 5.74) is 8.00. The van der Waals surface area contributed by atoms with Gasteiger partial charge in [0.15, 0.2) is 0 Å². The smallest absolute Gasteiger partial charge is 0.251 e. The molecule has 0 fully saturated rings. The molecule has 100 valence electrons. The van der Waals surface area contributed by atoms with Crippen LogP contribution in [0.25, 0.3) is 0 Å². The van der Waals surface area contributed by atoms with Gasteiger partial charge in [0.05, 0.1) is 0 Å². The van der Waals surface area contributed by atoms with Crippen molar-refractivity contribution in [3.05, 3.63) is 29.3 Å². The van der Waals surface area contributed by atoms with Gasteiger partial charge in [-0.15, -0.1) is 0 Å². The molecule has 18 heavy (non-hydrogen) atoms. The number of benzene rings is 1. The first-order valence-electron chi connectivity index (χ1n) is 6.61. The topological polar surface area (TPSA) is 55.1 Å². The van der Waals surface area contributed by atoms with E-state index in [0.717, 1.165) is 18.4 Å². The zero-order valence-electron chi connectivity index (χ0n) is 11.8. The van der Waals surface area contributed by atoms with Crippen LogP contribution < -0.4 is 11.1 Å². The molecule has 3 nitrogen and oxygen atoms in total. The molecule has 0 bridgehead atoms. The lowest BCUT2D eigenvalue weighted by Gasteiger charge is -2.18. The Balaban J connectivity index is 2.65. The summed E-state index contributed by atoms with van der Waals surface area (Å²) in [4.78, 5) is 12.1. The largest absolute Gasteiger partial charge is 0.399 e. The Morgan fingerprint density at radius 1 is 1.39 bits per heavy atom. The fourth-order valence-electron chi connectivity index (χ4n) is 2.07. The molecular weight excluding hydrogens is 224 g/mol. The molecule has 0 aliphatic heterocycles. The summed E-state index contributed by atoms with van der Waals surface area (Å²) >= 11 is 0. The van der Waals surface area contributed by atoms with Gasteiger partial charge in [-0.2, -0.15) is 0 Å². The summed E-state index contributed by atoms with van der Waals surface area (Å²) in [6.45, 7) is 8.34. The fraction of sp³-hybridized carbons (Fsp3) is 0.533. The molecule has 0 saturated carbocycles. The van der Waals surface area contributed by atoms with Crippen LogP contribution in [-0.2, 0) is 0 Å². The maximum absolute atomic E-state index is 12.1. The Labute approximate surface area is 110 Å². The summed E-state index contributed by atoms with van der Waals surface area (Å²) in [5, 5.41) is 3.04. The SMILES string of the molecule is CCC(C)CC(C)NC(=O)c1ccc(N)cc1C. The number of carbonyl (C=O) groups is 1. The van der Waals surface area contributed by atoms with Crippen molar-refractivity contribution in [2.75, 3.05) is 5.73 Å². The third-order valence-electron chi connectivity index (χ3n) is 3.33. The van der Waals surface area contributed by atoms with E-state index in [1.54, 1.807) is 12.1 Å². The zero-order chi connectivity index (χ0) is 13.7. The monoisotopic (exact) mass is 248 g/mol. The number of aryl methyl sites for hydroxylation is 1. The van der Waals surface area contributed by atoms with Crippen LogP contribution in [0.15, 0.2) is 18.2 Å². The molecule has 0 saturated heterocycles. The quantitative estimate of drug-likeness (QED) is 0.787. The average molecular weight is 248 g/mol. The molecule has 0 aliphatic carbocycles. The average Bonchev–Trinajstić information content (AvgIpc) is 2.28. The van der Waals surface area contributed by atoms with Gasteiger partial charge in [-0.1, -0.05) is 20.3 Å². The van der Waals surface area contributed by atoms with Crippen LogP contribution >= 0.6 is 0 Å². The van der Waals surface area contributed by atoms with E-state index in [-0.39, 0.29) is 11.9 Å². The summed E-state index contributed by atoms with van der Waals surface area (Å²) in [7, 11) is 0. The number of nitrogens with two attached hydrogens (primary N) is 1. The van der Waals surface area contributed by atoms with Crippen molar-refractivity contribution in [2.24, 2.45) is 5.92 Å². The minimum Gasteiger partial charge on any atom is -0.399 e. The van der Waals surface area contributed by atoms with E-state index in [1.807, 2.05) is 13.0 Å². The van der Waals surface area contributed by atoms with E-state index in [9.17, 15) is 4.79 Å². The highest BCUT2D eigenvalue weighted by Gasteiger charge is 2.13. The van der Waals surface area contributed by atoms with Crippen molar-refractivity contribution in [1.82, 2.24) is 5.32 Å². The Bertz CT molecular complexity index is 415. The Kier molecular flexibility index (Phi) is 5.20. The first-order valence-corrected chi connectivity index (χ1v) is 6.61. The fourth-order valence-corrected chi connectivity index (χ4v) is 2.07. The van der Waals surface area contributed by atoms with Crippen LogP contribution in [0.5, 0.6) is 0 Å². The van der Waals surface area contributed by atoms with Crippen LogP contribution in [0.1, 0.15) is 49.5 Å². The van der Waals surface area contributed by atoms with E-state index in [0.29, 0.717) is 17.2 Å². The standard InChI is InChI=1S/C15H24N2O/c1-5-10(2)8-12(4)17-15(18)14-7-6-13(16)9-11(14)3/h6-7,9-10,12H,5,8,16H2,1-4H3,(H,17,18). The van der Waals surface area contributed by atoms with Gasteiger partial charge in [-0.3, -0.25) is 4.79 Å². The second-order valence-electron chi connectivity index (χ2n) is 5.20. The normalized spacial score (nSPS) is 14.0. The van der Waals surface area contributed by atoms with Gasteiger partial charge in [0.2, 0.25) is 0 Å². The van der Waals surface area contributed by atoms with Gasteiger partial charge in [-0.25, -0.2) is 0 Å². The van der Waals surface area contributed by atoms with Crippen molar-refractivity contribution in [2.45, 2.75) is 46.6 Å². The van der Waals surface area contributed by atoms with Crippen LogP contribution in [0.4, 0.5) is 5.69 Å². The molecule has 2 unspecified atom stereocenters. The lowest BCUT2D eigenvalue weighted by molar-refractivity contribution is 0.0935. The van der Waals surface area contributed by atoms with Gasteiger partial charge in [-0.05, 0) is 49.9 Å². The van der Waals surface area contributed by atoms with Crippen LogP contribution in [0, 0.1) is 12.8 Å². The Morgan fingerprint density at radius 2 is 2.06 bits per heavy atom.